The molecule has 0 saturated heterocycles. The van der Waals surface area contributed by atoms with Gasteiger partial charge in [-0.05, 0) is 55.7 Å². The van der Waals surface area contributed by atoms with Gasteiger partial charge in [-0.3, -0.25) is 19.3 Å². The van der Waals surface area contributed by atoms with E-state index in [0.29, 0.717) is 35.6 Å². The molecule has 1 aliphatic heterocycles. The fraction of sp³-hybridized carbons (Fsp3) is 0.318. The second-order valence-electron chi connectivity index (χ2n) is 6.88. The number of carbonyl (C=O) groups excluding carboxylic acids is 3. The minimum Gasteiger partial charge on any atom is -0.493 e. The van der Waals surface area contributed by atoms with Gasteiger partial charge in [0.25, 0.3) is 11.8 Å². The van der Waals surface area contributed by atoms with Crippen molar-refractivity contribution in [2.24, 2.45) is 0 Å². The third kappa shape index (κ3) is 3.81. The molecule has 3 rings (SSSR count). The molecule has 1 unspecified atom stereocenters. The number of hydrogen-bond acceptors (Lipinski definition) is 5. The summed E-state index contributed by atoms with van der Waals surface area (Å²) in [6.45, 7) is 3.88. The van der Waals surface area contributed by atoms with E-state index in [-0.39, 0.29) is 5.91 Å². The number of nitrogens with one attached hydrogen (secondary N) is 1. The number of ether oxygens (including phenoxy) is 2. The van der Waals surface area contributed by atoms with Gasteiger partial charge in [0.1, 0.15) is 6.04 Å². The van der Waals surface area contributed by atoms with Gasteiger partial charge in [0, 0.05) is 6.54 Å². The van der Waals surface area contributed by atoms with Crippen LogP contribution in [0.25, 0.3) is 0 Å². The number of nitrogens with zero attached hydrogens (tertiary/aromatic N) is 1. The third-order valence-electron chi connectivity index (χ3n) is 5.13. The molecular weight excluding hydrogens is 372 g/mol. The minimum absolute atomic E-state index is 0.332. The summed E-state index contributed by atoms with van der Waals surface area (Å²) in [5, 5.41) is 2.81. The number of aryl methyl sites for hydroxylation is 1. The van der Waals surface area contributed by atoms with Crippen LogP contribution < -0.4 is 14.8 Å². The van der Waals surface area contributed by atoms with Crippen molar-refractivity contribution in [3.8, 4) is 11.5 Å². The Morgan fingerprint density at radius 3 is 2.14 bits per heavy atom. The first kappa shape index (κ1) is 20.4. The summed E-state index contributed by atoms with van der Waals surface area (Å²) < 4.78 is 10.6. The van der Waals surface area contributed by atoms with Gasteiger partial charge in [-0.25, -0.2) is 0 Å². The highest BCUT2D eigenvalue weighted by molar-refractivity contribution is 6.22. The molecular formula is C22H24N2O5. The molecule has 3 amide bonds. The number of rotatable bonds is 7. The maximum Gasteiger partial charge on any atom is 0.262 e. The second-order valence-corrected chi connectivity index (χ2v) is 6.88. The molecule has 0 radical (unpaired) electrons. The lowest BCUT2D eigenvalue weighted by Gasteiger charge is -2.22. The zero-order chi connectivity index (χ0) is 21.1. The van der Waals surface area contributed by atoms with E-state index in [9.17, 15) is 14.4 Å². The van der Waals surface area contributed by atoms with Crippen LogP contribution in [-0.4, -0.2) is 49.4 Å². The van der Waals surface area contributed by atoms with Crippen molar-refractivity contribution < 1.29 is 23.9 Å². The molecule has 2 aromatic carbocycles. The first-order chi connectivity index (χ1) is 13.9. The van der Waals surface area contributed by atoms with Crippen LogP contribution in [-0.2, 0) is 11.2 Å². The van der Waals surface area contributed by atoms with Crippen molar-refractivity contribution in [2.75, 3.05) is 20.8 Å². The smallest absolute Gasteiger partial charge is 0.262 e. The summed E-state index contributed by atoms with van der Waals surface area (Å²) in [5.74, 6) is 0.0152. The van der Waals surface area contributed by atoms with Crippen molar-refractivity contribution in [2.45, 2.75) is 26.3 Å². The summed E-state index contributed by atoms with van der Waals surface area (Å²) in [4.78, 5) is 38.6. The zero-order valence-corrected chi connectivity index (χ0v) is 16.9. The molecule has 0 aromatic heterocycles. The first-order valence-corrected chi connectivity index (χ1v) is 9.35. The highest BCUT2D eigenvalue weighted by Crippen LogP contribution is 2.30. The van der Waals surface area contributed by atoms with E-state index in [4.69, 9.17) is 9.47 Å². The van der Waals surface area contributed by atoms with E-state index >= 15 is 0 Å². The number of methoxy groups -OCH3 is 2. The lowest BCUT2D eigenvalue weighted by atomic mass is 10.0. The van der Waals surface area contributed by atoms with Crippen LogP contribution in [0.5, 0.6) is 11.5 Å². The molecule has 2 aromatic rings. The summed E-state index contributed by atoms with van der Waals surface area (Å²) in [6, 6.07) is 9.47. The Bertz CT molecular complexity index is 935. The van der Waals surface area contributed by atoms with Gasteiger partial charge in [0.2, 0.25) is 5.91 Å². The van der Waals surface area contributed by atoms with E-state index < -0.39 is 17.9 Å². The minimum atomic E-state index is -0.895. The maximum atomic E-state index is 12.6. The van der Waals surface area contributed by atoms with Crippen molar-refractivity contribution >= 4 is 17.7 Å². The summed E-state index contributed by atoms with van der Waals surface area (Å²) in [6.07, 6.45) is 0.576. The van der Waals surface area contributed by atoms with Crippen molar-refractivity contribution in [3.05, 3.63) is 58.7 Å². The third-order valence-corrected chi connectivity index (χ3v) is 5.13. The molecule has 7 nitrogen and oxygen atoms in total. The maximum absolute atomic E-state index is 12.6. The average molecular weight is 396 g/mol. The van der Waals surface area contributed by atoms with Gasteiger partial charge in [0.05, 0.1) is 25.3 Å². The highest BCUT2D eigenvalue weighted by atomic mass is 16.5. The number of benzene rings is 2. The van der Waals surface area contributed by atoms with Gasteiger partial charge in [-0.2, -0.15) is 0 Å². The number of fused-ring (bicyclic) bond motifs is 1. The normalized spacial score (nSPS) is 13.9. The topological polar surface area (TPSA) is 84.9 Å². The van der Waals surface area contributed by atoms with E-state index in [1.165, 1.54) is 0 Å². The predicted molar refractivity (Wildman–Crippen MR) is 107 cm³/mol. The van der Waals surface area contributed by atoms with E-state index in [0.717, 1.165) is 16.0 Å². The molecule has 7 heteroatoms. The largest absolute Gasteiger partial charge is 0.493 e. The Kier molecular flexibility index (Phi) is 5.87. The van der Waals surface area contributed by atoms with E-state index in [1.807, 2.05) is 19.1 Å². The van der Waals surface area contributed by atoms with Gasteiger partial charge in [-0.1, -0.05) is 12.1 Å². The molecule has 0 spiro atoms. The van der Waals surface area contributed by atoms with Crippen LogP contribution in [0.3, 0.4) is 0 Å². The molecule has 152 valence electrons. The molecule has 1 atom stereocenters. The summed E-state index contributed by atoms with van der Waals surface area (Å²) in [5.41, 5.74) is 2.69. The predicted octanol–water partition coefficient (Wildman–Crippen LogP) is 2.36. The van der Waals surface area contributed by atoms with Gasteiger partial charge >= 0.3 is 0 Å². The standard InChI is InChI=1S/C22H24N2O5/c1-13-11-18(28-3)19(29-4)12-15(13)9-10-23-20(25)14(2)24-21(26)16-7-5-6-8-17(16)22(24)27/h5-8,11-12,14H,9-10H2,1-4H3,(H,23,25). The number of hydrogen-bond donors (Lipinski definition) is 1. The molecule has 0 bridgehead atoms. The Labute approximate surface area is 169 Å². The van der Waals surface area contributed by atoms with Crippen LogP contribution in [0.15, 0.2) is 36.4 Å². The van der Waals surface area contributed by atoms with Gasteiger partial charge in [0.15, 0.2) is 11.5 Å². The summed E-state index contributed by atoms with van der Waals surface area (Å²) >= 11 is 0. The molecule has 1 aliphatic rings. The van der Waals surface area contributed by atoms with Crippen molar-refractivity contribution in [1.29, 1.82) is 0 Å². The number of imide groups is 1. The SMILES string of the molecule is COc1cc(C)c(CCNC(=O)C(C)N2C(=O)c3ccccc3C2=O)cc1OC. The van der Waals surface area contributed by atoms with Crippen LogP contribution in [0.4, 0.5) is 0 Å². The molecule has 1 N–H and O–H groups in total. The van der Waals surface area contributed by atoms with E-state index in [1.54, 1.807) is 45.4 Å². The molecule has 1 heterocycles. The van der Waals surface area contributed by atoms with Crippen LogP contribution in [0, 0.1) is 6.92 Å². The number of amides is 3. The van der Waals surface area contributed by atoms with Gasteiger partial charge in [-0.15, -0.1) is 0 Å². The van der Waals surface area contributed by atoms with E-state index in [2.05, 4.69) is 5.32 Å². The average Bonchev–Trinajstić information content (AvgIpc) is 2.98. The molecule has 29 heavy (non-hydrogen) atoms. The summed E-state index contributed by atoms with van der Waals surface area (Å²) in [7, 11) is 3.15. The quantitative estimate of drug-likeness (QED) is 0.727. The van der Waals surface area contributed by atoms with Crippen LogP contribution in [0.2, 0.25) is 0 Å². The monoisotopic (exact) mass is 396 g/mol. The zero-order valence-electron chi connectivity index (χ0n) is 16.9. The lowest BCUT2D eigenvalue weighted by molar-refractivity contribution is -0.124. The first-order valence-electron chi connectivity index (χ1n) is 9.35. The number of carbonyl (C=O) groups is 3. The fourth-order valence-electron chi connectivity index (χ4n) is 3.44. The van der Waals surface area contributed by atoms with Crippen LogP contribution >= 0.6 is 0 Å². The van der Waals surface area contributed by atoms with Gasteiger partial charge < -0.3 is 14.8 Å². The second kappa shape index (κ2) is 8.34. The Hall–Kier alpha value is -3.35. The van der Waals surface area contributed by atoms with Crippen LogP contribution in [0.1, 0.15) is 38.8 Å². The molecule has 0 aliphatic carbocycles. The van der Waals surface area contributed by atoms with Crippen molar-refractivity contribution in [1.82, 2.24) is 10.2 Å². The van der Waals surface area contributed by atoms with Crippen molar-refractivity contribution in [3.63, 3.8) is 0 Å². The highest BCUT2D eigenvalue weighted by Gasteiger charge is 2.40. The Balaban J connectivity index is 1.63. The lowest BCUT2D eigenvalue weighted by Crippen LogP contribution is -2.48. The molecule has 0 fully saturated rings. The Morgan fingerprint density at radius 2 is 1.59 bits per heavy atom. The molecule has 0 saturated carbocycles. The Morgan fingerprint density at radius 1 is 1.03 bits per heavy atom. The fourth-order valence-corrected chi connectivity index (χ4v) is 3.44.